The number of hydrogen-bond donors (Lipinski definition) is 2. The van der Waals surface area contributed by atoms with E-state index in [1.165, 1.54) is 12.1 Å². The lowest BCUT2D eigenvalue weighted by Gasteiger charge is -2.46. The number of benzene rings is 2. The quantitative estimate of drug-likeness (QED) is 0.556. The van der Waals surface area contributed by atoms with Crippen LogP contribution in [-0.4, -0.2) is 29.0 Å². The average molecular weight is 471 g/mol. The Labute approximate surface area is 194 Å². The third kappa shape index (κ3) is 4.10. The molecule has 1 spiro atoms. The minimum Gasteiger partial charge on any atom is -0.486 e. The number of rotatable bonds is 3. The first kappa shape index (κ1) is 22.3. The smallest absolute Gasteiger partial charge is 0.416 e. The molecule has 178 valence electrons. The fourth-order valence-electron chi connectivity index (χ4n) is 4.71. The van der Waals surface area contributed by atoms with Crippen LogP contribution in [0.2, 0.25) is 0 Å². The topological polar surface area (TPSA) is 70.7 Å². The van der Waals surface area contributed by atoms with E-state index < -0.39 is 23.2 Å². The highest BCUT2D eigenvalue weighted by Crippen LogP contribution is 2.50. The second-order valence-corrected chi connectivity index (χ2v) is 9.00. The number of amides is 3. The van der Waals surface area contributed by atoms with Crippen molar-refractivity contribution in [2.45, 2.75) is 50.9 Å². The van der Waals surface area contributed by atoms with Gasteiger partial charge in [-0.25, -0.2) is 4.79 Å². The highest BCUT2D eigenvalue weighted by atomic mass is 19.4. The van der Waals surface area contributed by atoms with Crippen LogP contribution in [0.4, 0.5) is 29.3 Å². The minimum atomic E-state index is -4.47. The first-order valence-corrected chi connectivity index (χ1v) is 11.3. The van der Waals surface area contributed by atoms with Crippen molar-refractivity contribution in [3.8, 4) is 5.75 Å². The molecule has 34 heavy (non-hydrogen) atoms. The van der Waals surface area contributed by atoms with Crippen LogP contribution in [-0.2, 0) is 17.5 Å². The minimum absolute atomic E-state index is 0.164. The Morgan fingerprint density at radius 2 is 2.03 bits per heavy atom. The van der Waals surface area contributed by atoms with Gasteiger partial charge in [-0.2, -0.15) is 13.2 Å². The molecule has 6 nitrogen and oxygen atoms in total. The molecule has 2 N–H and O–H groups in total. The summed E-state index contributed by atoms with van der Waals surface area (Å²) in [5, 5.41) is 5.63. The van der Waals surface area contributed by atoms with Crippen LogP contribution in [0.15, 0.2) is 42.5 Å². The van der Waals surface area contributed by atoms with Crippen molar-refractivity contribution in [2.24, 2.45) is 0 Å². The normalized spacial score (nSPS) is 19.6. The van der Waals surface area contributed by atoms with Crippen molar-refractivity contribution in [3.63, 3.8) is 0 Å². The van der Waals surface area contributed by atoms with Gasteiger partial charge in [-0.15, -0.1) is 0 Å². The van der Waals surface area contributed by atoms with Crippen molar-refractivity contribution < 1.29 is 27.5 Å². The van der Waals surface area contributed by atoms with Crippen molar-refractivity contribution >= 4 is 28.9 Å². The van der Waals surface area contributed by atoms with E-state index >= 15 is 0 Å². The number of alkyl halides is 3. The first-order valence-electron chi connectivity index (χ1n) is 11.3. The van der Waals surface area contributed by atoms with E-state index in [1.54, 1.807) is 17.0 Å². The van der Waals surface area contributed by atoms with Gasteiger partial charge < -0.3 is 20.3 Å². The molecule has 1 fully saturated rings. The maximum absolute atomic E-state index is 13.2. The number of urea groups is 1. The van der Waals surface area contributed by atoms with E-state index in [0.717, 1.165) is 37.0 Å². The number of nitrogens with one attached hydrogen (secondary N) is 2. The zero-order chi connectivity index (χ0) is 24.1. The monoisotopic (exact) mass is 471 g/mol. The standard InChI is InChI=1S/C25H24F3N3O3/c1-2-31-14-15-4-6-18(12-20(15)30-23(31)33)29-22(32)10-16-13-24(8-3-9-24)34-21-11-17(25(26,27)28)5-7-19(16)21/h4-7,10-12H,2-3,8-9,13-14H2,1H3,(H,29,32)(H,30,33). The van der Waals surface area contributed by atoms with Crippen LogP contribution >= 0.6 is 0 Å². The Hall–Kier alpha value is -3.49. The van der Waals surface area contributed by atoms with Gasteiger partial charge >= 0.3 is 12.2 Å². The number of fused-ring (bicyclic) bond motifs is 2. The lowest BCUT2D eigenvalue weighted by atomic mass is 9.72. The van der Waals surface area contributed by atoms with Crippen molar-refractivity contribution in [1.29, 1.82) is 0 Å². The van der Waals surface area contributed by atoms with Crippen molar-refractivity contribution in [1.82, 2.24) is 4.90 Å². The van der Waals surface area contributed by atoms with Crippen molar-refractivity contribution in [3.05, 3.63) is 59.2 Å². The first-order chi connectivity index (χ1) is 16.2. The summed E-state index contributed by atoms with van der Waals surface area (Å²) >= 11 is 0. The molecule has 0 radical (unpaired) electrons. The maximum Gasteiger partial charge on any atom is 0.416 e. The molecule has 9 heteroatoms. The third-order valence-corrected chi connectivity index (χ3v) is 6.71. The van der Waals surface area contributed by atoms with Crippen LogP contribution in [0.3, 0.4) is 0 Å². The zero-order valence-electron chi connectivity index (χ0n) is 18.6. The molecule has 0 unspecified atom stereocenters. The summed E-state index contributed by atoms with van der Waals surface area (Å²) < 4.78 is 45.7. The number of halogens is 3. The summed E-state index contributed by atoms with van der Waals surface area (Å²) in [5.41, 5.74) is 1.93. The van der Waals surface area contributed by atoms with E-state index in [1.807, 2.05) is 13.0 Å². The SMILES string of the molecule is CCN1Cc2ccc(NC(=O)C=C3CC4(CCC4)Oc4cc(C(F)(F)F)ccc43)cc2NC1=O. The van der Waals surface area contributed by atoms with E-state index in [-0.39, 0.29) is 11.8 Å². The fourth-order valence-corrected chi connectivity index (χ4v) is 4.71. The van der Waals surface area contributed by atoms with Crippen LogP contribution < -0.4 is 15.4 Å². The Kier molecular flexibility index (Phi) is 5.30. The summed E-state index contributed by atoms with van der Waals surface area (Å²) in [6.07, 6.45) is -0.163. The molecule has 0 bridgehead atoms. The van der Waals surface area contributed by atoms with Gasteiger partial charge in [0.15, 0.2) is 0 Å². The van der Waals surface area contributed by atoms with Gasteiger partial charge in [-0.05, 0) is 61.6 Å². The summed E-state index contributed by atoms with van der Waals surface area (Å²) in [5.74, 6) is -0.230. The van der Waals surface area contributed by atoms with Crippen molar-refractivity contribution in [2.75, 3.05) is 17.2 Å². The lowest BCUT2D eigenvalue weighted by Crippen LogP contribution is -2.45. The van der Waals surface area contributed by atoms with E-state index in [2.05, 4.69) is 10.6 Å². The van der Waals surface area contributed by atoms with Gasteiger partial charge in [0.05, 0.1) is 5.56 Å². The molecule has 5 rings (SSSR count). The second kappa shape index (κ2) is 8.07. The van der Waals surface area contributed by atoms with E-state index in [0.29, 0.717) is 42.0 Å². The Morgan fingerprint density at radius 3 is 2.71 bits per heavy atom. The van der Waals surface area contributed by atoms with Crippen LogP contribution in [0.5, 0.6) is 5.75 Å². The molecule has 0 aromatic heterocycles. The van der Waals surface area contributed by atoms with E-state index in [9.17, 15) is 22.8 Å². The van der Waals surface area contributed by atoms with Crippen LogP contribution in [0.1, 0.15) is 49.3 Å². The predicted octanol–water partition coefficient (Wildman–Crippen LogP) is 5.80. The number of anilines is 2. The molecule has 2 heterocycles. The van der Waals surface area contributed by atoms with Gasteiger partial charge in [0.1, 0.15) is 11.4 Å². The van der Waals surface area contributed by atoms with Gasteiger partial charge in [0, 0.05) is 42.5 Å². The van der Waals surface area contributed by atoms with Gasteiger partial charge in [-0.3, -0.25) is 4.79 Å². The molecular formula is C25H24F3N3O3. The van der Waals surface area contributed by atoms with Gasteiger partial charge in [0.25, 0.3) is 0 Å². The van der Waals surface area contributed by atoms with Gasteiger partial charge in [0.2, 0.25) is 5.91 Å². The number of hydrogen-bond acceptors (Lipinski definition) is 3. The average Bonchev–Trinajstić information content (AvgIpc) is 2.76. The second-order valence-electron chi connectivity index (χ2n) is 9.00. The Morgan fingerprint density at radius 1 is 1.24 bits per heavy atom. The van der Waals surface area contributed by atoms with Crippen LogP contribution in [0, 0.1) is 0 Å². The molecule has 0 saturated heterocycles. The molecule has 1 saturated carbocycles. The predicted molar refractivity (Wildman–Crippen MR) is 121 cm³/mol. The zero-order valence-corrected chi connectivity index (χ0v) is 18.6. The van der Waals surface area contributed by atoms with E-state index in [4.69, 9.17) is 4.74 Å². The summed E-state index contributed by atoms with van der Waals surface area (Å²) in [7, 11) is 0. The molecule has 2 aromatic carbocycles. The Bertz CT molecular complexity index is 1200. The summed E-state index contributed by atoms with van der Waals surface area (Å²) in [6.45, 7) is 2.99. The largest absolute Gasteiger partial charge is 0.486 e. The molecule has 3 aliphatic rings. The molecule has 2 aromatic rings. The molecule has 2 aliphatic heterocycles. The molecule has 3 amide bonds. The summed E-state index contributed by atoms with van der Waals surface area (Å²) in [6, 6.07) is 8.54. The highest BCUT2D eigenvalue weighted by Gasteiger charge is 2.44. The maximum atomic E-state index is 13.2. The van der Waals surface area contributed by atoms with Crippen LogP contribution in [0.25, 0.3) is 5.57 Å². The number of ether oxygens (including phenoxy) is 1. The number of carbonyl (C=O) groups excluding carboxylic acids is 2. The highest BCUT2D eigenvalue weighted by molar-refractivity contribution is 6.05. The molecule has 1 aliphatic carbocycles. The molecular weight excluding hydrogens is 447 g/mol. The number of carbonyl (C=O) groups is 2. The fraction of sp³-hybridized carbons (Fsp3) is 0.360. The Balaban J connectivity index is 1.40. The third-order valence-electron chi connectivity index (χ3n) is 6.71. The summed E-state index contributed by atoms with van der Waals surface area (Å²) in [4.78, 5) is 26.7. The van der Waals surface area contributed by atoms with Gasteiger partial charge in [-0.1, -0.05) is 12.1 Å². The lowest BCUT2D eigenvalue weighted by molar-refractivity contribution is -0.138. The molecule has 0 atom stereocenters. The number of nitrogens with zero attached hydrogens (tertiary/aromatic N) is 1.